The summed E-state index contributed by atoms with van der Waals surface area (Å²) in [5, 5.41) is 0. The van der Waals surface area contributed by atoms with Crippen molar-refractivity contribution in [1.29, 1.82) is 0 Å². The van der Waals surface area contributed by atoms with Gasteiger partial charge in [0.2, 0.25) is 0 Å². The van der Waals surface area contributed by atoms with Crippen molar-refractivity contribution in [2.24, 2.45) is 0 Å². The monoisotopic (exact) mass is 243 g/mol. The summed E-state index contributed by atoms with van der Waals surface area (Å²) in [5.74, 6) is 0. The van der Waals surface area contributed by atoms with Gasteiger partial charge < -0.3 is 29.4 Å². The Morgan fingerprint density at radius 3 is 1.29 bits per heavy atom. The summed E-state index contributed by atoms with van der Waals surface area (Å²) in [4.78, 5) is 63.0. The molecule has 0 unspecified atom stereocenters. The van der Waals surface area contributed by atoms with Crippen LogP contribution in [0.5, 0.6) is 0 Å². The maximum absolute atomic E-state index is 10.4. The van der Waals surface area contributed by atoms with Gasteiger partial charge in [0.25, 0.3) is 0 Å². The van der Waals surface area contributed by atoms with Gasteiger partial charge in [-0.25, -0.2) is 4.90 Å². The summed E-state index contributed by atoms with van der Waals surface area (Å²) in [6, 6.07) is -0.498. The largest absolute Gasteiger partial charge is 0.687 e. The van der Waals surface area contributed by atoms with Crippen LogP contribution >= 0.6 is 15.9 Å². The van der Waals surface area contributed by atoms with Gasteiger partial charge in [-0.15, -0.1) is 15.9 Å². The third kappa shape index (κ3) is 7.94. The van der Waals surface area contributed by atoms with E-state index in [9.17, 15) is 29.4 Å². The summed E-state index contributed by atoms with van der Waals surface area (Å²) in [6.45, 7) is 2.98. The number of nitrogens with zero attached hydrogens (tertiary/aromatic N) is 1. The van der Waals surface area contributed by atoms with Crippen molar-refractivity contribution in [2.45, 2.75) is 19.9 Å². The van der Waals surface area contributed by atoms with Crippen molar-refractivity contribution in [3.05, 3.63) is 0 Å². The van der Waals surface area contributed by atoms with Crippen molar-refractivity contribution in [3.8, 4) is 0 Å². The van der Waals surface area contributed by atoms with Crippen LogP contribution < -0.4 is 29.4 Å². The molecule has 0 bridgehead atoms. The predicted octanol–water partition coefficient (Wildman–Crippen LogP) is -4.70. The van der Waals surface area contributed by atoms with Gasteiger partial charge >= 0.3 is 0 Å². The summed E-state index contributed by atoms with van der Waals surface area (Å²) in [7, 11) is -9.67. The first-order valence-electron chi connectivity index (χ1n) is 3.77. The van der Waals surface area contributed by atoms with E-state index in [2.05, 4.69) is 0 Å². The van der Waals surface area contributed by atoms with Crippen LogP contribution in [0.1, 0.15) is 13.8 Å². The van der Waals surface area contributed by atoms with Crippen molar-refractivity contribution in [1.82, 2.24) is 4.90 Å². The third-order valence-corrected chi connectivity index (χ3v) is 2.86. The summed E-state index contributed by atoms with van der Waals surface area (Å²) in [6.07, 6.45) is -1.89. The lowest BCUT2D eigenvalue weighted by atomic mass is 10.4. The third-order valence-electron chi connectivity index (χ3n) is 1.44. The number of rotatable bonds is 5. The molecule has 0 aliphatic heterocycles. The molecule has 0 saturated carbocycles. The molecule has 0 radical (unpaired) electrons. The van der Waals surface area contributed by atoms with Gasteiger partial charge in [0.15, 0.2) is 0 Å². The highest BCUT2D eigenvalue weighted by Gasteiger charge is 2.16. The quantitative estimate of drug-likeness (QED) is 0.441. The minimum Gasteiger partial charge on any atom is -0.687 e. The summed E-state index contributed by atoms with van der Waals surface area (Å²) >= 11 is 0. The first-order valence-corrected chi connectivity index (χ1v) is 7.23. The molecule has 0 aromatic rings. The smallest absolute Gasteiger partial charge is 0.0973 e. The average Bonchev–Trinajstić information content (AvgIpc) is 1.78. The van der Waals surface area contributed by atoms with Gasteiger partial charge in [0.1, 0.15) is 0 Å². The van der Waals surface area contributed by atoms with E-state index in [-0.39, 0.29) is 0 Å². The Bertz CT molecular complexity index is 160. The molecule has 0 atom stereocenters. The average molecular weight is 243 g/mol. The standard InChI is InChI=1S/C5H15NO6P2/c1-5(2)6(3-13(7,8)9)4-14(10,11)12/h5H,3-4H2,1-2H3,(H2,7,8,9)(H2,10,11,12)/p-4. The fraction of sp³-hybridized carbons (Fsp3) is 1.00. The normalized spacial score (nSPS) is 14.1. The van der Waals surface area contributed by atoms with Crippen molar-refractivity contribution < 1.29 is 29.4 Å². The van der Waals surface area contributed by atoms with Gasteiger partial charge in [-0.3, -0.25) is 0 Å². The molecule has 0 aliphatic rings. The lowest BCUT2D eigenvalue weighted by Crippen LogP contribution is -2.49. The molecule has 0 rings (SSSR count). The summed E-state index contributed by atoms with van der Waals surface area (Å²) in [5.41, 5.74) is 0. The number of hydrogen-bond acceptors (Lipinski definition) is 7. The Balaban J connectivity index is 4.32. The van der Waals surface area contributed by atoms with Gasteiger partial charge in [-0.1, -0.05) is 0 Å². The Morgan fingerprint density at radius 2 is 1.14 bits per heavy atom. The minimum atomic E-state index is -4.83. The molecular formula is C5H11NO6P2-4. The Morgan fingerprint density at radius 1 is 0.857 bits per heavy atom. The second-order valence-electron chi connectivity index (χ2n) is 3.19. The zero-order valence-corrected chi connectivity index (χ0v) is 9.57. The topological polar surface area (TPSA) is 142 Å². The van der Waals surface area contributed by atoms with E-state index in [1.54, 1.807) is 0 Å². The summed E-state index contributed by atoms with van der Waals surface area (Å²) < 4.78 is 0. The molecule has 0 aromatic carbocycles. The molecule has 14 heavy (non-hydrogen) atoms. The van der Waals surface area contributed by atoms with Crippen LogP contribution in [0.4, 0.5) is 0 Å². The van der Waals surface area contributed by atoms with E-state index in [1.807, 2.05) is 0 Å². The van der Waals surface area contributed by atoms with Crippen LogP contribution in [0.15, 0.2) is 0 Å². The molecule has 0 amide bonds. The molecule has 9 heteroatoms. The predicted molar refractivity (Wildman–Crippen MR) is 40.5 cm³/mol. The lowest BCUT2D eigenvalue weighted by molar-refractivity contribution is -0.432. The maximum Gasteiger partial charge on any atom is 0.0973 e. The molecule has 0 saturated heterocycles. The first kappa shape index (κ1) is 14.6. The zero-order chi connectivity index (χ0) is 11.6. The van der Waals surface area contributed by atoms with E-state index in [1.165, 1.54) is 13.8 Å². The molecule has 0 spiro atoms. The maximum atomic E-state index is 10.4. The van der Waals surface area contributed by atoms with E-state index < -0.39 is 34.5 Å². The van der Waals surface area contributed by atoms with Crippen LogP contribution in [0.25, 0.3) is 0 Å². The van der Waals surface area contributed by atoms with Crippen LogP contribution in [-0.4, -0.2) is 23.5 Å². The van der Waals surface area contributed by atoms with Crippen molar-refractivity contribution >= 4 is 15.9 Å². The van der Waals surface area contributed by atoms with Gasteiger partial charge in [-0.2, -0.15) is 0 Å². The second kappa shape index (κ2) is 5.07. The highest BCUT2D eigenvalue weighted by Crippen LogP contribution is 2.35. The van der Waals surface area contributed by atoms with Gasteiger partial charge in [0, 0.05) is 6.04 Å². The fourth-order valence-electron chi connectivity index (χ4n) is 0.816. The molecule has 0 fully saturated rings. The molecule has 7 nitrogen and oxygen atoms in total. The Kier molecular flexibility index (Phi) is 5.28. The molecule has 86 valence electrons. The Labute approximate surface area is 83.4 Å². The van der Waals surface area contributed by atoms with E-state index in [0.717, 1.165) is 4.90 Å². The fourth-order valence-corrected chi connectivity index (χ4v) is 2.72. The Hall–Kier alpha value is 0.580. The van der Waals surface area contributed by atoms with Crippen molar-refractivity contribution in [2.75, 3.05) is 12.6 Å². The SMILES string of the molecule is CC(C)N(C[P+]([O-])([O-])[O-])C[P+]([O-])([O-])[O-]. The van der Waals surface area contributed by atoms with Crippen LogP contribution in [0.2, 0.25) is 0 Å². The van der Waals surface area contributed by atoms with E-state index >= 15 is 0 Å². The molecule has 0 heterocycles. The lowest BCUT2D eigenvalue weighted by Gasteiger charge is -2.50. The molecule has 0 N–H and O–H groups in total. The highest BCUT2D eigenvalue weighted by molar-refractivity contribution is 7.55. The highest BCUT2D eigenvalue weighted by atomic mass is 31.2. The second-order valence-corrected chi connectivity index (χ2v) is 6.20. The van der Waals surface area contributed by atoms with Crippen molar-refractivity contribution in [3.63, 3.8) is 0 Å². The van der Waals surface area contributed by atoms with E-state index in [0.29, 0.717) is 0 Å². The van der Waals surface area contributed by atoms with E-state index in [4.69, 9.17) is 0 Å². The van der Waals surface area contributed by atoms with Gasteiger partial charge in [-0.05, 0) is 13.8 Å². The van der Waals surface area contributed by atoms with Crippen LogP contribution in [-0.2, 0) is 0 Å². The van der Waals surface area contributed by atoms with Gasteiger partial charge in [0.05, 0.1) is 12.6 Å². The number of hydrogen-bond donors (Lipinski definition) is 0. The molecular weight excluding hydrogens is 232 g/mol. The van der Waals surface area contributed by atoms with Crippen LogP contribution in [0, 0.1) is 0 Å². The minimum absolute atomic E-state index is 0.498. The first-order chi connectivity index (χ1) is 6.01. The van der Waals surface area contributed by atoms with Crippen LogP contribution in [0.3, 0.4) is 0 Å². The molecule has 0 aromatic heterocycles. The molecule has 0 aliphatic carbocycles. The zero-order valence-electron chi connectivity index (χ0n) is 7.78.